The van der Waals surface area contributed by atoms with Crippen molar-refractivity contribution in [3.8, 4) is 0 Å². The zero-order valence-electron chi connectivity index (χ0n) is 15.1. The van der Waals surface area contributed by atoms with Crippen molar-refractivity contribution < 1.29 is 9.53 Å². The quantitative estimate of drug-likeness (QED) is 0.234. The van der Waals surface area contributed by atoms with Crippen LogP contribution >= 0.6 is 23.5 Å². The first-order valence-electron chi connectivity index (χ1n) is 8.42. The Bertz CT molecular complexity index is 609. The standard InChI is InChI=1S/2C7H7S.C6H11O2.Sn/c2*1-8-7-5-3-2-4-6-7;1-3-4-5-8-6(2)7;/h2*3-6H,1H3;1,3-5H2,2H3;. The Hall–Kier alpha value is -0.591. The molecule has 0 aliphatic rings. The predicted molar refractivity (Wildman–Crippen MR) is 112 cm³/mol. The van der Waals surface area contributed by atoms with Crippen molar-refractivity contribution in [1.29, 1.82) is 0 Å². The molecule has 0 aliphatic carbocycles. The Kier molecular flexibility index (Phi) is 9.27. The molecule has 0 spiro atoms. The van der Waals surface area contributed by atoms with E-state index < -0.39 is 19.8 Å². The Balaban J connectivity index is 2.10. The molecule has 0 unspecified atom stereocenters. The van der Waals surface area contributed by atoms with Gasteiger partial charge in [0.15, 0.2) is 0 Å². The molecule has 5 heteroatoms. The first-order chi connectivity index (χ1) is 12.1. The minimum atomic E-state index is -1.91. The van der Waals surface area contributed by atoms with E-state index in [1.54, 1.807) is 30.7 Å². The summed E-state index contributed by atoms with van der Waals surface area (Å²) < 4.78 is 9.42. The number of ether oxygens (including phenoxy) is 1. The Morgan fingerprint density at radius 1 is 0.880 bits per heavy atom. The number of hydrogen-bond donors (Lipinski definition) is 0. The van der Waals surface area contributed by atoms with Gasteiger partial charge in [0, 0.05) is 0 Å². The summed E-state index contributed by atoms with van der Waals surface area (Å²) in [5.41, 5.74) is 0. The maximum atomic E-state index is 10.9. The van der Waals surface area contributed by atoms with Crippen LogP contribution in [0.1, 0.15) is 19.8 Å². The van der Waals surface area contributed by atoms with Crippen molar-refractivity contribution in [1.82, 2.24) is 0 Å². The second-order valence-electron chi connectivity index (χ2n) is 5.73. The molecule has 0 bridgehead atoms. The fourth-order valence-corrected chi connectivity index (χ4v) is 11.0. The molecule has 1 radical (unpaired) electrons. The molecule has 0 aromatic heterocycles. The van der Waals surface area contributed by atoms with Gasteiger partial charge in [-0.2, -0.15) is 0 Å². The summed E-state index contributed by atoms with van der Waals surface area (Å²) in [6, 6.07) is 18.3. The second kappa shape index (κ2) is 11.2. The Labute approximate surface area is 166 Å². The van der Waals surface area contributed by atoms with Gasteiger partial charge in [-0.3, -0.25) is 0 Å². The minimum absolute atomic E-state index is 0.181. The van der Waals surface area contributed by atoms with Gasteiger partial charge in [-0.05, 0) is 0 Å². The fourth-order valence-electron chi connectivity index (χ4n) is 2.66. The van der Waals surface area contributed by atoms with Crippen molar-refractivity contribution in [2.45, 2.75) is 34.0 Å². The van der Waals surface area contributed by atoms with Crippen molar-refractivity contribution >= 4 is 56.4 Å². The number of thioether (sulfide) groups is 2. The fraction of sp³-hybridized carbons (Fsp3) is 0.350. The normalized spacial score (nSPS) is 10.9. The van der Waals surface area contributed by atoms with E-state index in [0.29, 0.717) is 6.61 Å². The number of benzene rings is 2. The second-order valence-corrected chi connectivity index (χ2v) is 14.9. The van der Waals surface area contributed by atoms with Crippen LogP contribution in [0.25, 0.3) is 0 Å². The Morgan fingerprint density at radius 3 is 1.76 bits per heavy atom. The first kappa shape index (κ1) is 20.7. The van der Waals surface area contributed by atoms with Crippen LogP contribution in [0.4, 0.5) is 0 Å². The molecule has 0 amide bonds. The summed E-state index contributed by atoms with van der Waals surface area (Å²) >= 11 is 1.66. The van der Waals surface area contributed by atoms with E-state index >= 15 is 0 Å². The van der Waals surface area contributed by atoms with Crippen molar-refractivity contribution in [3.05, 3.63) is 48.5 Å². The molecule has 25 heavy (non-hydrogen) atoms. The first-order valence-corrected chi connectivity index (χ1v) is 15.7. The summed E-state index contributed by atoms with van der Waals surface area (Å²) in [5, 5.41) is 0. The molecular weight excluding hydrogens is 455 g/mol. The van der Waals surface area contributed by atoms with E-state index in [0.717, 1.165) is 12.8 Å². The molecular formula is C20H25O2S2Sn. The van der Waals surface area contributed by atoms with Gasteiger partial charge in [0.25, 0.3) is 0 Å². The number of esters is 1. The SMILES string of the molecule is CSc1cc[c]([Sn]([CH2]CCCOC(C)=O)[c]2ccc(SC)cc2)cc1. The molecule has 0 N–H and O–H groups in total. The van der Waals surface area contributed by atoms with E-state index in [4.69, 9.17) is 4.74 Å². The molecule has 2 aromatic rings. The summed E-state index contributed by atoms with van der Waals surface area (Å²) in [4.78, 5) is 13.5. The molecule has 2 aromatic carbocycles. The van der Waals surface area contributed by atoms with Crippen LogP contribution < -0.4 is 7.16 Å². The summed E-state index contributed by atoms with van der Waals surface area (Å²) in [5.74, 6) is -0.181. The van der Waals surface area contributed by atoms with Crippen LogP contribution in [0.15, 0.2) is 58.3 Å². The zero-order valence-corrected chi connectivity index (χ0v) is 19.6. The van der Waals surface area contributed by atoms with Gasteiger partial charge in [0.1, 0.15) is 0 Å². The van der Waals surface area contributed by atoms with Gasteiger partial charge in [-0.15, -0.1) is 0 Å². The maximum absolute atomic E-state index is 10.9. The number of rotatable bonds is 9. The van der Waals surface area contributed by atoms with E-state index in [9.17, 15) is 4.79 Å². The average Bonchev–Trinajstić information content (AvgIpc) is 2.65. The van der Waals surface area contributed by atoms with Crippen molar-refractivity contribution in [2.75, 3.05) is 19.1 Å². The third-order valence-electron chi connectivity index (χ3n) is 4.00. The van der Waals surface area contributed by atoms with Crippen molar-refractivity contribution in [2.24, 2.45) is 0 Å². The van der Waals surface area contributed by atoms with Crippen LogP contribution in [-0.4, -0.2) is 44.8 Å². The molecule has 2 rings (SSSR count). The van der Waals surface area contributed by atoms with Crippen LogP contribution in [0.2, 0.25) is 4.44 Å². The van der Waals surface area contributed by atoms with Gasteiger partial charge in [-0.25, -0.2) is 0 Å². The molecule has 0 saturated heterocycles. The summed E-state index contributed by atoms with van der Waals surface area (Å²) in [6.07, 6.45) is 6.31. The van der Waals surface area contributed by atoms with Gasteiger partial charge in [-0.1, -0.05) is 0 Å². The molecule has 0 saturated carbocycles. The van der Waals surface area contributed by atoms with Crippen molar-refractivity contribution in [3.63, 3.8) is 0 Å². The molecule has 2 nitrogen and oxygen atoms in total. The predicted octanol–water partition coefficient (Wildman–Crippen LogP) is 4.08. The number of carbonyl (C=O) groups is 1. The van der Waals surface area contributed by atoms with Gasteiger partial charge >= 0.3 is 168 Å². The van der Waals surface area contributed by atoms with E-state index in [-0.39, 0.29) is 5.97 Å². The Morgan fingerprint density at radius 2 is 1.36 bits per heavy atom. The van der Waals surface area contributed by atoms with E-state index in [1.807, 2.05) is 0 Å². The molecule has 0 fully saturated rings. The van der Waals surface area contributed by atoms with Crippen LogP contribution in [-0.2, 0) is 9.53 Å². The van der Waals surface area contributed by atoms with Crippen LogP contribution in [0.3, 0.4) is 0 Å². The monoisotopic (exact) mass is 481 g/mol. The van der Waals surface area contributed by atoms with Crippen LogP contribution in [0, 0.1) is 0 Å². The summed E-state index contributed by atoms with van der Waals surface area (Å²) in [7, 11) is 0. The number of carbonyl (C=O) groups excluding carboxylic acids is 1. The topological polar surface area (TPSA) is 26.3 Å². The van der Waals surface area contributed by atoms with E-state index in [1.165, 1.54) is 21.2 Å². The number of hydrogen-bond acceptors (Lipinski definition) is 4. The average molecular weight is 480 g/mol. The van der Waals surface area contributed by atoms with Gasteiger partial charge in [0.05, 0.1) is 0 Å². The molecule has 0 aliphatic heterocycles. The van der Waals surface area contributed by atoms with Gasteiger partial charge < -0.3 is 0 Å². The third kappa shape index (κ3) is 6.91. The van der Waals surface area contributed by atoms with Gasteiger partial charge in [0.2, 0.25) is 0 Å². The molecule has 0 heterocycles. The zero-order chi connectivity index (χ0) is 18.1. The van der Waals surface area contributed by atoms with Crippen LogP contribution in [0.5, 0.6) is 0 Å². The van der Waals surface area contributed by atoms with E-state index in [2.05, 4.69) is 61.0 Å². The molecule has 0 atom stereocenters. The number of unbranched alkanes of at least 4 members (excludes halogenated alkanes) is 1. The molecule has 133 valence electrons. The third-order valence-corrected chi connectivity index (χ3v) is 13.8. The summed E-state index contributed by atoms with van der Waals surface area (Å²) in [6.45, 7) is 2.02.